The lowest BCUT2D eigenvalue weighted by molar-refractivity contribution is -0.128. The van der Waals surface area contributed by atoms with Gasteiger partial charge in [-0.1, -0.05) is 28.1 Å². The van der Waals surface area contributed by atoms with E-state index < -0.39 is 0 Å². The molecule has 0 spiro atoms. The molecule has 6 heteroatoms. The van der Waals surface area contributed by atoms with Crippen molar-refractivity contribution in [2.75, 3.05) is 26.2 Å². The van der Waals surface area contributed by atoms with E-state index in [-0.39, 0.29) is 5.91 Å². The Morgan fingerprint density at radius 1 is 1.32 bits per heavy atom. The molecule has 1 aliphatic rings. The van der Waals surface area contributed by atoms with Crippen LogP contribution in [-0.4, -0.2) is 42.9 Å². The van der Waals surface area contributed by atoms with Gasteiger partial charge in [0.1, 0.15) is 0 Å². The maximum atomic E-state index is 12.0. The number of carbonyl (C=O) groups excluding carboxylic acids is 1. The van der Waals surface area contributed by atoms with Gasteiger partial charge < -0.3 is 15.5 Å². The van der Waals surface area contributed by atoms with Gasteiger partial charge in [0.25, 0.3) is 0 Å². The summed E-state index contributed by atoms with van der Waals surface area (Å²) < 4.78 is 1.04. The van der Waals surface area contributed by atoms with Gasteiger partial charge in [-0.3, -0.25) is 4.79 Å². The minimum atomic E-state index is 0.144. The Hall–Kier alpha value is -1.56. The van der Waals surface area contributed by atoms with Crippen LogP contribution >= 0.6 is 15.9 Å². The fraction of sp³-hybridized carbons (Fsp3) is 0.500. The Bertz CT molecular complexity index is 527. The van der Waals surface area contributed by atoms with E-state index in [1.165, 1.54) is 0 Å². The molecule has 1 saturated heterocycles. The second-order valence-electron chi connectivity index (χ2n) is 5.27. The monoisotopic (exact) mass is 366 g/mol. The van der Waals surface area contributed by atoms with Crippen LogP contribution in [0.25, 0.3) is 0 Å². The third-order valence-electron chi connectivity index (χ3n) is 3.52. The molecule has 22 heavy (non-hydrogen) atoms. The number of carbonyl (C=O) groups is 1. The highest BCUT2D eigenvalue weighted by molar-refractivity contribution is 9.10. The predicted molar refractivity (Wildman–Crippen MR) is 92.8 cm³/mol. The van der Waals surface area contributed by atoms with Gasteiger partial charge in [-0.05, 0) is 37.5 Å². The van der Waals surface area contributed by atoms with Crippen molar-refractivity contribution in [3.05, 3.63) is 34.3 Å². The first-order valence-corrected chi connectivity index (χ1v) is 8.52. The number of nitrogens with one attached hydrogen (secondary N) is 2. The van der Waals surface area contributed by atoms with Crippen LogP contribution in [0.3, 0.4) is 0 Å². The first kappa shape index (κ1) is 16.8. The van der Waals surface area contributed by atoms with E-state index >= 15 is 0 Å². The Morgan fingerprint density at radius 3 is 2.77 bits per heavy atom. The first-order valence-electron chi connectivity index (χ1n) is 7.73. The van der Waals surface area contributed by atoms with Crippen molar-refractivity contribution >= 4 is 27.8 Å². The van der Waals surface area contributed by atoms with Crippen molar-refractivity contribution in [3.63, 3.8) is 0 Å². The molecule has 2 rings (SSSR count). The fourth-order valence-corrected chi connectivity index (χ4v) is 2.83. The van der Waals surface area contributed by atoms with E-state index in [1.54, 1.807) is 0 Å². The lowest BCUT2D eigenvalue weighted by Gasteiger charge is -2.17. The van der Waals surface area contributed by atoms with E-state index in [1.807, 2.05) is 36.1 Å². The normalized spacial score (nSPS) is 15.0. The summed E-state index contributed by atoms with van der Waals surface area (Å²) >= 11 is 3.46. The number of halogens is 1. The van der Waals surface area contributed by atoms with Crippen molar-refractivity contribution in [1.82, 2.24) is 15.5 Å². The zero-order valence-electron chi connectivity index (χ0n) is 12.9. The maximum absolute atomic E-state index is 12.0. The summed E-state index contributed by atoms with van der Waals surface area (Å²) in [5.74, 6) is 0.820. The number of amides is 1. The van der Waals surface area contributed by atoms with Crippen molar-refractivity contribution < 1.29 is 4.79 Å². The third-order valence-corrected chi connectivity index (χ3v) is 4.01. The molecule has 1 fully saturated rings. The van der Waals surface area contributed by atoms with Gasteiger partial charge >= 0.3 is 0 Å². The van der Waals surface area contributed by atoms with Gasteiger partial charge in [0, 0.05) is 24.1 Å². The van der Waals surface area contributed by atoms with Crippen LogP contribution in [0.2, 0.25) is 0 Å². The summed E-state index contributed by atoms with van der Waals surface area (Å²) in [4.78, 5) is 18.5. The van der Waals surface area contributed by atoms with Gasteiger partial charge in [0.15, 0.2) is 5.96 Å². The highest BCUT2D eigenvalue weighted by Gasteiger charge is 2.17. The molecular formula is C16H23BrN4O. The standard InChI is InChI=1S/C16H23BrN4O/c1-2-18-16(19-11-13-6-5-7-14(17)10-13)20-12-15(22)21-8-3-4-9-21/h5-7,10H,2-4,8-9,11-12H2,1H3,(H2,18,19,20). The second-order valence-corrected chi connectivity index (χ2v) is 6.18. The number of benzene rings is 1. The number of rotatable bonds is 5. The molecule has 0 aromatic heterocycles. The molecule has 0 atom stereocenters. The Balaban J connectivity index is 1.88. The molecule has 0 aliphatic carbocycles. The minimum absolute atomic E-state index is 0.144. The number of likely N-dealkylation sites (tertiary alicyclic amines) is 1. The smallest absolute Gasteiger partial charge is 0.241 e. The van der Waals surface area contributed by atoms with Crippen LogP contribution in [0.5, 0.6) is 0 Å². The molecule has 0 radical (unpaired) electrons. The van der Waals surface area contributed by atoms with Crippen molar-refractivity contribution in [2.45, 2.75) is 26.3 Å². The van der Waals surface area contributed by atoms with Crippen LogP contribution in [0.1, 0.15) is 25.3 Å². The quantitative estimate of drug-likeness (QED) is 0.619. The maximum Gasteiger partial charge on any atom is 0.241 e. The van der Waals surface area contributed by atoms with Gasteiger partial charge in [-0.2, -0.15) is 0 Å². The molecule has 1 aromatic rings. The average Bonchev–Trinajstić information content (AvgIpc) is 3.04. The second kappa shape index (κ2) is 8.78. The topological polar surface area (TPSA) is 56.7 Å². The molecule has 2 N–H and O–H groups in total. The first-order chi connectivity index (χ1) is 10.7. The zero-order valence-corrected chi connectivity index (χ0v) is 14.5. The number of hydrogen-bond donors (Lipinski definition) is 2. The largest absolute Gasteiger partial charge is 0.357 e. The number of aliphatic imine (C=N–C) groups is 1. The van der Waals surface area contributed by atoms with Gasteiger partial charge in [0.05, 0.1) is 13.1 Å². The van der Waals surface area contributed by atoms with Crippen LogP contribution in [0.4, 0.5) is 0 Å². The number of hydrogen-bond acceptors (Lipinski definition) is 2. The number of nitrogens with zero attached hydrogens (tertiary/aromatic N) is 2. The molecule has 1 aliphatic heterocycles. The van der Waals surface area contributed by atoms with E-state index in [2.05, 4.69) is 31.6 Å². The lowest BCUT2D eigenvalue weighted by atomic mass is 10.2. The summed E-state index contributed by atoms with van der Waals surface area (Å²) in [7, 11) is 0. The Kier molecular flexibility index (Phi) is 6.71. The zero-order chi connectivity index (χ0) is 15.8. The lowest BCUT2D eigenvalue weighted by Crippen LogP contribution is -2.44. The summed E-state index contributed by atoms with van der Waals surface area (Å²) in [5, 5.41) is 6.29. The highest BCUT2D eigenvalue weighted by atomic mass is 79.9. The summed E-state index contributed by atoms with van der Waals surface area (Å²) in [6.07, 6.45) is 2.23. The Morgan fingerprint density at radius 2 is 2.09 bits per heavy atom. The molecule has 0 unspecified atom stereocenters. The molecule has 5 nitrogen and oxygen atoms in total. The SMILES string of the molecule is CCNC(=NCc1cccc(Br)c1)NCC(=O)N1CCCC1. The third kappa shape index (κ3) is 5.33. The van der Waals surface area contributed by atoms with Crippen LogP contribution in [0.15, 0.2) is 33.7 Å². The van der Waals surface area contributed by atoms with E-state index in [4.69, 9.17) is 0 Å². The highest BCUT2D eigenvalue weighted by Crippen LogP contribution is 2.12. The van der Waals surface area contributed by atoms with E-state index in [0.29, 0.717) is 19.0 Å². The molecular weight excluding hydrogens is 344 g/mol. The van der Waals surface area contributed by atoms with Gasteiger partial charge in [0.2, 0.25) is 5.91 Å². The predicted octanol–water partition coefficient (Wildman–Crippen LogP) is 2.13. The van der Waals surface area contributed by atoms with Crippen LogP contribution in [-0.2, 0) is 11.3 Å². The summed E-state index contributed by atoms with van der Waals surface area (Å²) in [5.41, 5.74) is 1.12. The molecule has 120 valence electrons. The number of guanidine groups is 1. The molecule has 1 amide bonds. The minimum Gasteiger partial charge on any atom is -0.357 e. The van der Waals surface area contributed by atoms with Crippen molar-refractivity contribution in [1.29, 1.82) is 0 Å². The van der Waals surface area contributed by atoms with Crippen molar-refractivity contribution in [3.8, 4) is 0 Å². The summed E-state index contributed by atoms with van der Waals surface area (Å²) in [6, 6.07) is 8.06. The molecule has 1 heterocycles. The van der Waals surface area contributed by atoms with Gasteiger partial charge in [-0.25, -0.2) is 4.99 Å². The van der Waals surface area contributed by atoms with Gasteiger partial charge in [-0.15, -0.1) is 0 Å². The summed E-state index contributed by atoms with van der Waals surface area (Å²) in [6.45, 7) is 5.41. The van der Waals surface area contributed by atoms with Crippen LogP contribution in [0, 0.1) is 0 Å². The average molecular weight is 367 g/mol. The fourth-order valence-electron chi connectivity index (χ4n) is 2.39. The van der Waals surface area contributed by atoms with E-state index in [9.17, 15) is 4.79 Å². The van der Waals surface area contributed by atoms with E-state index in [0.717, 1.165) is 42.5 Å². The van der Waals surface area contributed by atoms with Crippen molar-refractivity contribution in [2.24, 2.45) is 4.99 Å². The molecule has 1 aromatic carbocycles. The van der Waals surface area contributed by atoms with Crippen LogP contribution < -0.4 is 10.6 Å². The Labute approximate surface area is 140 Å². The molecule has 0 bridgehead atoms. The molecule has 0 saturated carbocycles.